The summed E-state index contributed by atoms with van der Waals surface area (Å²) in [7, 11) is 0. The molecule has 0 aliphatic carbocycles. The average molecular weight is 500 g/mol. The molecule has 0 saturated carbocycles. The quantitative estimate of drug-likeness (QED) is 0.416. The van der Waals surface area contributed by atoms with Crippen molar-refractivity contribution in [3.8, 4) is 0 Å². The number of hydrogen-bond donors (Lipinski definition) is 3. The highest BCUT2D eigenvalue weighted by atomic mass is 32.1. The van der Waals surface area contributed by atoms with Gasteiger partial charge in [0.1, 0.15) is 18.1 Å². The summed E-state index contributed by atoms with van der Waals surface area (Å²) < 4.78 is 11.3. The Hall–Kier alpha value is -3.28. The molecule has 2 fully saturated rings. The van der Waals surface area contributed by atoms with Crippen molar-refractivity contribution < 1.29 is 33.8 Å². The molecule has 1 aromatic heterocycles. The zero-order valence-corrected chi connectivity index (χ0v) is 19.5. The Balaban J connectivity index is 1.34. The molecule has 35 heavy (non-hydrogen) atoms. The fourth-order valence-corrected chi connectivity index (χ4v) is 5.57. The predicted molar refractivity (Wildman–Crippen MR) is 125 cm³/mol. The Morgan fingerprint density at radius 3 is 2.66 bits per heavy atom. The van der Waals surface area contributed by atoms with Gasteiger partial charge >= 0.3 is 5.97 Å². The van der Waals surface area contributed by atoms with Crippen molar-refractivity contribution in [3.05, 3.63) is 47.4 Å². The molecular weight excluding hydrogens is 474 g/mol. The third kappa shape index (κ3) is 4.79. The minimum absolute atomic E-state index is 0.0353. The molecule has 2 unspecified atom stereocenters. The highest BCUT2D eigenvalue weighted by Gasteiger charge is 2.44. The number of morpholine rings is 1. The van der Waals surface area contributed by atoms with Gasteiger partial charge in [-0.25, -0.2) is 0 Å². The van der Waals surface area contributed by atoms with Crippen LogP contribution in [0, 0.1) is 0 Å². The van der Waals surface area contributed by atoms with E-state index >= 15 is 0 Å². The number of nitrogens with one attached hydrogen (secondary N) is 2. The molecule has 5 rings (SSSR count). The summed E-state index contributed by atoms with van der Waals surface area (Å²) in [5.41, 5.74) is 0. The number of carbonyl (C=O) groups excluding carboxylic acids is 4. The van der Waals surface area contributed by atoms with E-state index in [9.17, 15) is 24.3 Å². The Morgan fingerprint density at radius 1 is 1.09 bits per heavy atom. The van der Waals surface area contributed by atoms with Gasteiger partial charge in [-0.2, -0.15) is 0 Å². The van der Waals surface area contributed by atoms with Crippen molar-refractivity contribution in [1.29, 1.82) is 0 Å². The van der Waals surface area contributed by atoms with Crippen LogP contribution >= 0.6 is 11.3 Å². The van der Waals surface area contributed by atoms with Crippen molar-refractivity contribution in [2.24, 2.45) is 0 Å². The van der Waals surface area contributed by atoms with Crippen molar-refractivity contribution in [2.45, 2.75) is 49.7 Å². The molecule has 10 nitrogen and oxygen atoms in total. The van der Waals surface area contributed by atoms with E-state index in [4.69, 9.17) is 4.74 Å². The SMILES string of the molecule is O=C1CC(NC(=O)[C@@H]2COC[C@@H]3CC=CC[C@H](NC(=O)c4cc5ccccc5s4)C(=O)N32)C(O)O1. The number of hydrogen-bond acceptors (Lipinski definition) is 8. The van der Waals surface area contributed by atoms with Crippen molar-refractivity contribution in [3.63, 3.8) is 0 Å². The lowest BCUT2D eigenvalue weighted by molar-refractivity contribution is -0.159. The first-order chi connectivity index (χ1) is 16.9. The number of esters is 1. The molecule has 0 spiro atoms. The monoisotopic (exact) mass is 499 g/mol. The van der Waals surface area contributed by atoms with Crippen LogP contribution in [0.2, 0.25) is 0 Å². The van der Waals surface area contributed by atoms with Gasteiger partial charge in [0.05, 0.1) is 30.6 Å². The van der Waals surface area contributed by atoms with Gasteiger partial charge < -0.3 is 30.1 Å². The molecule has 11 heteroatoms. The lowest BCUT2D eigenvalue weighted by Gasteiger charge is -2.43. The van der Waals surface area contributed by atoms with E-state index in [2.05, 4.69) is 15.4 Å². The van der Waals surface area contributed by atoms with Crippen molar-refractivity contribution in [1.82, 2.24) is 15.5 Å². The average Bonchev–Trinajstić information content (AvgIpc) is 3.41. The van der Waals surface area contributed by atoms with Crippen molar-refractivity contribution in [2.75, 3.05) is 13.2 Å². The summed E-state index contributed by atoms with van der Waals surface area (Å²) in [4.78, 5) is 53.2. The van der Waals surface area contributed by atoms with E-state index in [-0.39, 0.29) is 37.9 Å². The maximum Gasteiger partial charge on any atom is 0.310 e. The van der Waals surface area contributed by atoms with Crippen molar-refractivity contribution >= 4 is 45.1 Å². The minimum Gasteiger partial charge on any atom is -0.434 e. The lowest BCUT2D eigenvalue weighted by atomic mass is 9.99. The van der Waals surface area contributed by atoms with Crippen LogP contribution < -0.4 is 10.6 Å². The molecule has 4 heterocycles. The van der Waals surface area contributed by atoms with Crippen LogP contribution in [-0.4, -0.2) is 77.4 Å². The number of nitrogens with zero attached hydrogens (tertiary/aromatic N) is 1. The third-order valence-electron chi connectivity index (χ3n) is 6.38. The number of fused-ring (bicyclic) bond motifs is 2. The van der Waals surface area contributed by atoms with Gasteiger partial charge in [0.15, 0.2) is 0 Å². The van der Waals surface area contributed by atoms with Crippen LogP contribution in [0.1, 0.15) is 28.9 Å². The second-order valence-corrected chi connectivity index (χ2v) is 9.85. The highest BCUT2D eigenvalue weighted by Crippen LogP contribution is 2.26. The standard InChI is InChI=1S/C24H25N3O7S/c28-20-10-16(24(32)34-20)26-21(29)17-12-33-11-14-6-2-3-7-15(23(31)27(14)17)25-22(30)19-9-13-5-1-4-8-18(13)35-19/h1-5,8-9,14-17,24,32H,6-7,10-12H2,(H,25,30)(H,26,29)/t14-,15-,16?,17-,24?/m0/s1. The number of thiophene rings is 1. The third-order valence-corrected chi connectivity index (χ3v) is 7.50. The van der Waals surface area contributed by atoms with Crippen LogP contribution in [0.4, 0.5) is 0 Å². The molecule has 3 N–H and O–H groups in total. The second kappa shape index (κ2) is 9.76. The summed E-state index contributed by atoms with van der Waals surface area (Å²) in [5.74, 6) is -1.90. The molecule has 3 aliphatic rings. The van der Waals surface area contributed by atoms with Gasteiger partial charge in [-0.1, -0.05) is 30.4 Å². The smallest absolute Gasteiger partial charge is 0.310 e. The van der Waals surface area contributed by atoms with E-state index in [1.165, 1.54) is 16.2 Å². The fourth-order valence-electron chi connectivity index (χ4n) is 4.60. The second-order valence-electron chi connectivity index (χ2n) is 8.77. The van der Waals surface area contributed by atoms with Crippen LogP contribution in [0.15, 0.2) is 42.5 Å². The number of rotatable bonds is 4. The molecule has 0 bridgehead atoms. The Bertz CT molecular complexity index is 1160. The molecule has 5 atom stereocenters. The Kier molecular flexibility index (Phi) is 6.54. The summed E-state index contributed by atoms with van der Waals surface area (Å²) in [5, 5.41) is 16.2. The minimum atomic E-state index is -1.44. The topological polar surface area (TPSA) is 134 Å². The zero-order valence-electron chi connectivity index (χ0n) is 18.7. The Labute approximate surface area is 204 Å². The van der Waals surface area contributed by atoms with Gasteiger partial charge in [0.2, 0.25) is 18.1 Å². The van der Waals surface area contributed by atoms with Crippen LogP contribution in [0.25, 0.3) is 10.1 Å². The first kappa shape index (κ1) is 23.5. The first-order valence-corrected chi connectivity index (χ1v) is 12.2. The van der Waals surface area contributed by atoms with Crippen LogP contribution in [-0.2, 0) is 23.9 Å². The van der Waals surface area contributed by atoms with Gasteiger partial charge in [-0.05, 0) is 30.4 Å². The van der Waals surface area contributed by atoms with Gasteiger partial charge in [-0.3, -0.25) is 19.2 Å². The van der Waals surface area contributed by atoms with E-state index in [0.29, 0.717) is 11.3 Å². The van der Waals surface area contributed by atoms with E-state index in [1.54, 1.807) is 6.07 Å². The number of ether oxygens (including phenoxy) is 2. The molecule has 2 saturated heterocycles. The largest absolute Gasteiger partial charge is 0.434 e. The summed E-state index contributed by atoms with van der Waals surface area (Å²) in [6.45, 7) is 0.219. The van der Waals surface area contributed by atoms with E-state index in [0.717, 1.165) is 10.1 Å². The molecule has 2 aromatic rings. The zero-order chi connectivity index (χ0) is 24.5. The predicted octanol–water partition coefficient (Wildman–Crippen LogP) is 0.696. The summed E-state index contributed by atoms with van der Waals surface area (Å²) >= 11 is 1.35. The summed E-state index contributed by atoms with van der Waals surface area (Å²) in [6, 6.07) is 6.33. The highest BCUT2D eigenvalue weighted by molar-refractivity contribution is 7.20. The Morgan fingerprint density at radius 2 is 1.89 bits per heavy atom. The fraction of sp³-hybridized carbons (Fsp3) is 0.417. The normalized spacial score (nSPS) is 28.7. The molecule has 1 aromatic carbocycles. The molecule has 3 amide bonds. The first-order valence-electron chi connectivity index (χ1n) is 11.4. The van der Waals surface area contributed by atoms with Gasteiger partial charge in [0.25, 0.3) is 5.91 Å². The van der Waals surface area contributed by atoms with Crippen LogP contribution in [0.5, 0.6) is 0 Å². The lowest BCUT2D eigenvalue weighted by Crippen LogP contribution is -2.65. The number of carbonyl (C=O) groups is 4. The number of amides is 3. The molecule has 3 aliphatic heterocycles. The van der Waals surface area contributed by atoms with E-state index < -0.39 is 42.3 Å². The number of aliphatic hydroxyl groups is 1. The maximum absolute atomic E-state index is 13.7. The molecular formula is C24H25N3O7S. The van der Waals surface area contributed by atoms with Crippen LogP contribution in [0.3, 0.4) is 0 Å². The van der Waals surface area contributed by atoms with Gasteiger partial charge in [0, 0.05) is 4.70 Å². The number of benzene rings is 1. The molecule has 184 valence electrons. The van der Waals surface area contributed by atoms with Gasteiger partial charge in [-0.15, -0.1) is 11.3 Å². The maximum atomic E-state index is 13.7. The summed E-state index contributed by atoms with van der Waals surface area (Å²) in [6.07, 6.45) is 2.96. The number of cyclic esters (lactones) is 1. The molecule has 0 radical (unpaired) electrons. The van der Waals surface area contributed by atoms with E-state index in [1.807, 2.05) is 36.4 Å². The number of aliphatic hydroxyl groups excluding tert-OH is 1.